The second-order valence-corrected chi connectivity index (χ2v) is 17.4. The molecular formula is C61H35F6N5. The number of benzene rings is 8. The minimum atomic E-state index is -5.20. The van der Waals surface area contributed by atoms with Crippen molar-refractivity contribution in [3.63, 3.8) is 0 Å². The molecule has 4 aromatic heterocycles. The molecule has 12 rings (SSSR count). The second kappa shape index (κ2) is 17.0. The fourth-order valence-corrected chi connectivity index (χ4v) is 10.3. The van der Waals surface area contributed by atoms with Crippen LogP contribution in [0.4, 0.5) is 26.3 Å². The van der Waals surface area contributed by atoms with Crippen molar-refractivity contribution in [3.8, 4) is 73.3 Å². The first-order valence-corrected chi connectivity index (χ1v) is 22.9. The maximum atomic E-state index is 15.3. The van der Waals surface area contributed by atoms with Gasteiger partial charge in [-0.1, -0.05) is 140 Å². The Morgan fingerprint density at radius 2 is 0.792 bits per heavy atom. The van der Waals surface area contributed by atoms with Crippen LogP contribution in [0.15, 0.2) is 213 Å². The van der Waals surface area contributed by atoms with Gasteiger partial charge in [-0.05, 0) is 77.4 Å². The lowest BCUT2D eigenvalue weighted by molar-refractivity contribution is -0.142. The molecule has 8 aromatic carbocycles. The Labute approximate surface area is 407 Å². The quantitative estimate of drug-likeness (QED) is 0.150. The highest BCUT2D eigenvalue weighted by Gasteiger charge is 2.41. The van der Waals surface area contributed by atoms with Gasteiger partial charge in [0.1, 0.15) is 11.6 Å². The van der Waals surface area contributed by atoms with Gasteiger partial charge in [0.2, 0.25) is 0 Å². The van der Waals surface area contributed by atoms with E-state index < -0.39 is 29.0 Å². The van der Waals surface area contributed by atoms with Gasteiger partial charge in [0.25, 0.3) is 0 Å². The SMILES string of the molecule is N#Cc1c(-n2c3ccccc3c3ccc(-c4cccnc4-c4ccccc4)cc32)cc(-c2c(C(F)(F)F)cccc2C(F)(F)F)cc1-n1c2ccccc2c2ccc(-c3cccnc3-c3ccccc3)cc21. The number of pyridine rings is 2. The third kappa shape index (κ3) is 7.26. The maximum Gasteiger partial charge on any atom is 0.417 e. The molecule has 0 saturated carbocycles. The molecule has 0 aliphatic rings. The Balaban J connectivity index is 1.22. The number of rotatable bonds is 7. The fraction of sp³-hybridized carbons (Fsp3) is 0.0328. The van der Waals surface area contributed by atoms with Crippen LogP contribution >= 0.6 is 0 Å². The molecule has 0 saturated heterocycles. The van der Waals surface area contributed by atoms with Crippen LogP contribution in [-0.2, 0) is 12.4 Å². The molecule has 0 amide bonds. The average molecular weight is 952 g/mol. The van der Waals surface area contributed by atoms with E-state index in [1.165, 1.54) is 12.1 Å². The largest absolute Gasteiger partial charge is 0.417 e. The van der Waals surface area contributed by atoms with Crippen molar-refractivity contribution in [1.82, 2.24) is 19.1 Å². The van der Waals surface area contributed by atoms with Gasteiger partial charge in [-0.15, -0.1) is 0 Å². The second-order valence-electron chi connectivity index (χ2n) is 17.4. The Hall–Kier alpha value is -9.27. The molecule has 0 N–H and O–H groups in total. The minimum Gasteiger partial charge on any atom is -0.308 e. The van der Waals surface area contributed by atoms with Crippen molar-refractivity contribution in [2.45, 2.75) is 12.4 Å². The third-order valence-corrected chi connectivity index (χ3v) is 13.3. The van der Waals surface area contributed by atoms with Crippen LogP contribution in [0.1, 0.15) is 16.7 Å². The molecule has 0 spiro atoms. The summed E-state index contributed by atoms with van der Waals surface area (Å²) in [6.07, 6.45) is -6.99. The molecule has 0 aliphatic heterocycles. The average Bonchev–Trinajstić information content (AvgIpc) is 3.92. The van der Waals surface area contributed by atoms with Gasteiger partial charge < -0.3 is 9.13 Å². The smallest absolute Gasteiger partial charge is 0.308 e. The first-order chi connectivity index (χ1) is 35.0. The monoisotopic (exact) mass is 951 g/mol. The summed E-state index contributed by atoms with van der Waals surface area (Å²) in [7, 11) is 0. The number of nitriles is 1. The van der Waals surface area contributed by atoms with Crippen molar-refractivity contribution >= 4 is 43.6 Å². The summed E-state index contributed by atoms with van der Waals surface area (Å²) in [5.74, 6) is 0. The van der Waals surface area contributed by atoms with Crippen LogP contribution in [-0.4, -0.2) is 19.1 Å². The lowest BCUT2D eigenvalue weighted by Crippen LogP contribution is -2.15. The van der Waals surface area contributed by atoms with Crippen molar-refractivity contribution < 1.29 is 26.3 Å². The highest BCUT2D eigenvalue weighted by atomic mass is 19.4. The number of fused-ring (bicyclic) bond motifs is 6. The number of hydrogen-bond acceptors (Lipinski definition) is 3. The number of nitrogens with zero attached hydrogens (tertiary/aromatic N) is 5. The molecule has 5 nitrogen and oxygen atoms in total. The summed E-state index contributed by atoms with van der Waals surface area (Å²) in [6.45, 7) is 0. The van der Waals surface area contributed by atoms with Crippen molar-refractivity contribution in [2.75, 3.05) is 0 Å². The van der Waals surface area contributed by atoms with Gasteiger partial charge in [-0.25, -0.2) is 0 Å². The molecule has 72 heavy (non-hydrogen) atoms. The van der Waals surface area contributed by atoms with E-state index in [0.717, 1.165) is 61.0 Å². The van der Waals surface area contributed by atoms with Gasteiger partial charge in [0, 0.05) is 61.8 Å². The Morgan fingerprint density at radius 3 is 1.22 bits per heavy atom. The third-order valence-electron chi connectivity index (χ3n) is 13.3. The summed E-state index contributed by atoms with van der Waals surface area (Å²) < 4.78 is 95.4. The molecule has 0 radical (unpaired) electrons. The van der Waals surface area contributed by atoms with Crippen LogP contribution in [0.2, 0.25) is 0 Å². The summed E-state index contributed by atoms with van der Waals surface area (Å²) in [6, 6.07) is 60.5. The molecule has 0 atom stereocenters. The predicted octanol–water partition coefficient (Wildman–Crippen LogP) is 16.9. The number of hydrogen-bond donors (Lipinski definition) is 0. The molecule has 12 aromatic rings. The van der Waals surface area contributed by atoms with Gasteiger partial charge in [0.05, 0.1) is 56.0 Å². The zero-order valence-corrected chi connectivity index (χ0v) is 37.7. The topological polar surface area (TPSA) is 59.4 Å². The highest BCUT2D eigenvalue weighted by molar-refractivity contribution is 6.12. The molecular weight excluding hydrogens is 917 g/mol. The van der Waals surface area contributed by atoms with Crippen LogP contribution in [0, 0.1) is 11.3 Å². The first-order valence-electron chi connectivity index (χ1n) is 22.9. The molecule has 0 bridgehead atoms. The van der Waals surface area contributed by atoms with E-state index in [9.17, 15) is 5.26 Å². The van der Waals surface area contributed by atoms with E-state index in [4.69, 9.17) is 9.97 Å². The van der Waals surface area contributed by atoms with E-state index in [1.807, 2.05) is 158 Å². The molecule has 346 valence electrons. The number of para-hydroxylation sites is 2. The molecule has 11 heteroatoms. The Kier molecular flexibility index (Phi) is 10.4. The zero-order chi connectivity index (χ0) is 49.3. The van der Waals surface area contributed by atoms with Crippen LogP contribution < -0.4 is 0 Å². The van der Waals surface area contributed by atoms with E-state index in [0.29, 0.717) is 45.6 Å². The normalized spacial score (nSPS) is 12.0. The summed E-state index contributed by atoms with van der Waals surface area (Å²) in [5.41, 5.74) is 4.28. The van der Waals surface area contributed by atoms with Gasteiger partial charge >= 0.3 is 12.4 Å². The van der Waals surface area contributed by atoms with Crippen molar-refractivity contribution in [3.05, 3.63) is 229 Å². The Morgan fingerprint density at radius 1 is 0.375 bits per heavy atom. The summed E-state index contributed by atoms with van der Waals surface area (Å²) in [5, 5.41) is 14.6. The van der Waals surface area contributed by atoms with Crippen LogP contribution in [0.5, 0.6) is 0 Å². The van der Waals surface area contributed by atoms with Gasteiger partial charge in [-0.2, -0.15) is 31.6 Å². The van der Waals surface area contributed by atoms with E-state index in [2.05, 4.69) is 6.07 Å². The summed E-state index contributed by atoms with van der Waals surface area (Å²) >= 11 is 0. The predicted molar refractivity (Wildman–Crippen MR) is 273 cm³/mol. The van der Waals surface area contributed by atoms with Crippen molar-refractivity contribution in [2.24, 2.45) is 0 Å². The molecule has 0 aliphatic carbocycles. The van der Waals surface area contributed by atoms with E-state index >= 15 is 26.3 Å². The highest BCUT2D eigenvalue weighted by Crippen LogP contribution is 2.48. The number of aromatic nitrogens is 4. The molecule has 0 fully saturated rings. The van der Waals surface area contributed by atoms with E-state index in [1.54, 1.807) is 33.7 Å². The molecule has 0 unspecified atom stereocenters. The fourth-order valence-electron chi connectivity index (χ4n) is 10.3. The lowest BCUT2D eigenvalue weighted by Gasteiger charge is -2.22. The maximum absolute atomic E-state index is 15.3. The Bertz CT molecular complexity index is 3890. The molecule has 4 heterocycles. The lowest BCUT2D eigenvalue weighted by atomic mass is 9.91. The van der Waals surface area contributed by atoms with Gasteiger partial charge in [0.15, 0.2) is 0 Å². The minimum absolute atomic E-state index is 0.00983. The summed E-state index contributed by atoms with van der Waals surface area (Å²) in [4.78, 5) is 9.51. The van der Waals surface area contributed by atoms with Crippen LogP contribution in [0.25, 0.3) is 111 Å². The number of alkyl halides is 6. The van der Waals surface area contributed by atoms with Crippen LogP contribution in [0.3, 0.4) is 0 Å². The van der Waals surface area contributed by atoms with E-state index in [-0.39, 0.29) is 22.5 Å². The number of halogens is 6. The standard InChI is InChI=1S/C61H35F6N5/c62-60(63,64)49-22-11-23-50(61(65,66)67)57(49)41-34-55(71-51-24-9-7-18-44(51)46-28-26-39(32-53(46)71)42-20-12-30-69-58(42)37-14-3-1-4-15-37)48(36-68)56(35-41)72-52-25-10-8-19-45(52)47-29-27-40(33-54(47)72)43-21-13-31-70-59(43)38-16-5-2-6-17-38/h1-35H. The van der Waals surface area contributed by atoms with Crippen molar-refractivity contribution in [1.29, 1.82) is 5.26 Å². The zero-order valence-electron chi connectivity index (χ0n) is 37.7. The first kappa shape index (κ1) is 44.0. The van der Waals surface area contributed by atoms with Gasteiger partial charge in [-0.3, -0.25) is 9.97 Å².